The Morgan fingerprint density at radius 2 is 2.15 bits per heavy atom. The van der Waals surface area contributed by atoms with Gasteiger partial charge < -0.3 is 4.74 Å². The number of hydrogen-bond donors (Lipinski definition) is 0. The summed E-state index contributed by atoms with van der Waals surface area (Å²) in [5.74, 6) is 0. The number of aryl methyl sites for hydroxylation is 1. The van der Waals surface area contributed by atoms with Crippen LogP contribution in [0, 0.1) is 0 Å². The Labute approximate surface area is 154 Å². The van der Waals surface area contributed by atoms with Crippen molar-refractivity contribution in [1.29, 1.82) is 0 Å². The van der Waals surface area contributed by atoms with E-state index in [2.05, 4.69) is 26.1 Å². The van der Waals surface area contributed by atoms with E-state index in [1.165, 1.54) is 0 Å². The number of imidazole rings is 1. The first-order valence-electron chi connectivity index (χ1n) is 8.64. The predicted octanol–water partition coefficient (Wildman–Crippen LogP) is 3.73. The van der Waals surface area contributed by atoms with Crippen LogP contribution in [0.1, 0.15) is 25.5 Å². The Balaban J connectivity index is 1.68. The molecule has 8 heteroatoms. The van der Waals surface area contributed by atoms with Gasteiger partial charge in [0.25, 0.3) is 0 Å². The number of nitrogens with zero attached hydrogens (tertiary/aromatic N) is 6. The molecule has 1 aliphatic rings. The van der Waals surface area contributed by atoms with Crippen molar-refractivity contribution in [3.63, 3.8) is 0 Å². The topological polar surface area (TPSA) is 70.7 Å². The molecule has 1 aliphatic heterocycles. The fraction of sp³-hybridized carbons (Fsp3) is 0.333. The van der Waals surface area contributed by atoms with Gasteiger partial charge in [-0.1, -0.05) is 6.07 Å². The van der Waals surface area contributed by atoms with E-state index in [0.29, 0.717) is 5.65 Å². The number of aromatic nitrogens is 6. The normalized spacial score (nSPS) is 18.0. The molecule has 1 saturated heterocycles. The van der Waals surface area contributed by atoms with Gasteiger partial charge in [0.1, 0.15) is 17.4 Å². The molecule has 0 aliphatic carbocycles. The van der Waals surface area contributed by atoms with E-state index in [0.717, 1.165) is 53.5 Å². The van der Waals surface area contributed by atoms with Crippen molar-refractivity contribution in [1.82, 2.24) is 29.3 Å². The quantitative estimate of drug-likeness (QED) is 0.504. The molecular formula is C18H17ClN6O. The zero-order valence-corrected chi connectivity index (χ0v) is 15.0. The average Bonchev–Trinajstić information content (AvgIpc) is 3.25. The van der Waals surface area contributed by atoms with Crippen LogP contribution in [0.5, 0.6) is 0 Å². The van der Waals surface area contributed by atoms with Gasteiger partial charge >= 0.3 is 0 Å². The summed E-state index contributed by atoms with van der Waals surface area (Å²) in [7, 11) is 1.92. The van der Waals surface area contributed by atoms with Crippen LogP contribution in [0.4, 0.5) is 0 Å². The SMILES string of the molecule is Cn1ncc2cc(-c3nc(Cl)nc4c3ncn4C3CCCCO3)ccc21. The molecule has 1 aromatic carbocycles. The van der Waals surface area contributed by atoms with Crippen LogP contribution in [-0.4, -0.2) is 35.9 Å². The van der Waals surface area contributed by atoms with Crippen molar-refractivity contribution >= 4 is 33.7 Å². The van der Waals surface area contributed by atoms with Gasteiger partial charge in [-0.25, -0.2) is 9.97 Å². The second-order valence-electron chi connectivity index (χ2n) is 6.53. The fourth-order valence-corrected chi connectivity index (χ4v) is 3.72. The second kappa shape index (κ2) is 6.03. The minimum absolute atomic E-state index is 0.0478. The first-order valence-corrected chi connectivity index (χ1v) is 9.02. The van der Waals surface area contributed by atoms with E-state index in [4.69, 9.17) is 16.3 Å². The molecule has 4 aromatic rings. The van der Waals surface area contributed by atoms with Crippen LogP contribution < -0.4 is 0 Å². The molecule has 1 atom stereocenters. The van der Waals surface area contributed by atoms with Crippen LogP contribution in [0.15, 0.2) is 30.7 Å². The molecule has 0 saturated carbocycles. The third-order valence-electron chi connectivity index (χ3n) is 4.88. The monoisotopic (exact) mass is 368 g/mol. The van der Waals surface area contributed by atoms with E-state index in [-0.39, 0.29) is 11.5 Å². The number of fused-ring (bicyclic) bond motifs is 2. The first-order chi connectivity index (χ1) is 12.7. The first kappa shape index (κ1) is 15.7. The summed E-state index contributed by atoms with van der Waals surface area (Å²) in [6.07, 6.45) is 6.74. The summed E-state index contributed by atoms with van der Waals surface area (Å²) in [4.78, 5) is 13.5. The smallest absolute Gasteiger partial charge is 0.225 e. The molecule has 0 spiro atoms. The highest BCUT2D eigenvalue weighted by molar-refractivity contribution is 6.28. The number of benzene rings is 1. The van der Waals surface area contributed by atoms with Gasteiger partial charge in [0, 0.05) is 24.6 Å². The van der Waals surface area contributed by atoms with Gasteiger partial charge in [0.05, 0.1) is 18.0 Å². The Morgan fingerprint density at radius 1 is 1.23 bits per heavy atom. The van der Waals surface area contributed by atoms with Gasteiger partial charge in [-0.15, -0.1) is 0 Å². The minimum Gasteiger partial charge on any atom is -0.358 e. The van der Waals surface area contributed by atoms with E-state index in [9.17, 15) is 0 Å². The Bertz CT molecular complexity index is 1110. The van der Waals surface area contributed by atoms with E-state index in [1.807, 2.05) is 34.6 Å². The molecule has 7 nitrogen and oxygen atoms in total. The van der Waals surface area contributed by atoms with Gasteiger partial charge in [0.2, 0.25) is 5.28 Å². The number of halogens is 1. The van der Waals surface area contributed by atoms with Gasteiger partial charge in [-0.2, -0.15) is 10.1 Å². The molecule has 132 valence electrons. The molecule has 5 rings (SSSR count). The van der Waals surface area contributed by atoms with Gasteiger partial charge in [-0.3, -0.25) is 9.25 Å². The van der Waals surface area contributed by atoms with E-state index < -0.39 is 0 Å². The molecule has 0 N–H and O–H groups in total. The number of ether oxygens (including phenoxy) is 1. The Hall–Kier alpha value is -2.51. The highest BCUT2D eigenvalue weighted by atomic mass is 35.5. The molecule has 4 heterocycles. The maximum absolute atomic E-state index is 6.24. The lowest BCUT2D eigenvalue weighted by atomic mass is 10.1. The van der Waals surface area contributed by atoms with Crippen molar-refractivity contribution < 1.29 is 4.74 Å². The highest BCUT2D eigenvalue weighted by Gasteiger charge is 2.21. The largest absolute Gasteiger partial charge is 0.358 e. The van der Waals surface area contributed by atoms with Gasteiger partial charge in [-0.05, 0) is 43.0 Å². The van der Waals surface area contributed by atoms with Crippen molar-refractivity contribution in [3.05, 3.63) is 36.0 Å². The fourth-order valence-electron chi connectivity index (χ4n) is 3.56. The van der Waals surface area contributed by atoms with Crippen molar-refractivity contribution in [2.75, 3.05) is 6.61 Å². The molecule has 0 radical (unpaired) electrons. The average molecular weight is 369 g/mol. The predicted molar refractivity (Wildman–Crippen MR) is 98.9 cm³/mol. The molecule has 1 unspecified atom stereocenters. The maximum atomic E-state index is 6.24. The zero-order valence-electron chi connectivity index (χ0n) is 14.3. The molecule has 26 heavy (non-hydrogen) atoms. The molecule has 0 amide bonds. The third-order valence-corrected chi connectivity index (χ3v) is 5.05. The summed E-state index contributed by atoms with van der Waals surface area (Å²) in [5.41, 5.74) is 4.16. The van der Waals surface area contributed by atoms with Crippen LogP contribution in [0.3, 0.4) is 0 Å². The van der Waals surface area contributed by atoms with Crippen molar-refractivity contribution in [2.45, 2.75) is 25.5 Å². The number of rotatable bonds is 2. The van der Waals surface area contributed by atoms with Crippen LogP contribution in [0.2, 0.25) is 5.28 Å². The van der Waals surface area contributed by atoms with Crippen molar-refractivity contribution in [3.8, 4) is 11.3 Å². The van der Waals surface area contributed by atoms with E-state index >= 15 is 0 Å². The minimum atomic E-state index is -0.0478. The molecular weight excluding hydrogens is 352 g/mol. The molecule has 3 aromatic heterocycles. The second-order valence-corrected chi connectivity index (χ2v) is 6.87. The lowest BCUT2D eigenvalue weighted by Gasteiger charge is -2.23. The molecule has 0 bridgehead atoms. The highest BCUT2D eigenvalue weighted by Crippen LogP contribution is 2.32. The van der Waals surface area contributed by atoms with Crippen molar-refractivity contribution in [2.24, 2.45) is 7.05 Å². The summed E-state index contributed by atoms with van der Waals surface area (Å²) in [5, 5.41) is 5.55. The molecule has 1 fully saturated rings. The van der Waals surface area contributed by atoms with E-state index in [1.54, 1.807) is 6.33 Å². The summed E-state index contributed by atoms with van der Waals surface area (Å²) < 4.78 is 9.70. The maximum Gasteiger partial charge on any atom is 0.225 e. The Kier molecular flexibility index (Phi) is 3.65. The summed E-state index contributed by atoms with van der Waals surface area (Å²) in [6, 6.07) is 6.09. The third kappa shape index (κ3) is 2.47. The standard InChI is InChI=1S/C18H17ClN6O/c1-24-13-6-5-11(8-12(13)9-21-24)15-16-17(23-18(19)22-15)25(10-20-16)14-4-2-3-7-26-14/h5-6,8-10,14H,2-4,7H2,1H3. The van der Waals surface area contributed by atoms with Crippen LogP contribution >= 0.6 is 11.6 Å². The Morgan fingerprint density at radius 3 is 3.00 bits per heavy atom. The lowest BCUT2D eigenvalue weighted by Crippen LogP contribution is -2.17. The summed E-state index contributed by atoms with van der Waals surface area (Å²) in [6.45, 7) is 0.758. The van der Waals surface area contributed by atoms with Crippen LogP contribution in [0.25, 0.3) is 33.3 Å². The number of hydrogen-bond acceptors (Lipinski definition) is 5. The summed E-state index contributed by atoms with van der Waals surface area (Å²) >= 11 is 6.24. The zero-order chi connectivity index (χ0) is 17.7. The van der Waals surface area contributed by atoms with Crippen LogP contribution in [-0.2, 0) is 11.8 Å². The van der Waals surface area contributed by atoms with Gasteiger partial charge in [0.15, 0.2) is 5.65 Å². The lowest BCUT2D eigenvalue weighted by molar-refractivity contribution is -0.0298.